The number of hydrogen-bond acceptors (Lipinski definition) is 4. The van der Waals surface area contributed by atoms with Gasteiger partial charge in [-0.2, -0.15) is 0 Å². The van der Waals surface area contributed by atoms with Gasteiger partial charge in [0.25, 0.3) is 0 Å². The molecule has 0 spiro atoms. The number of benzene rings is 3. The average Bonchev–Trinajstić information content (AvgIpc) is 3.55. The number of fused-ring (bicyclic) bond motifs is 3. The van der Waals surface area contributed by atoms with Gasteiger partial charge in [0, 0.05) is 57.2 Å². The first-order chi connectivity index (χ1) is 27.4. The molecule has 0 atom stereocenters. The number of pyridine rings is 3. The van der Waals surface area contributed by atoms with E-state index in [4.69, 9.17) is 23.1 Å². The Morgan fingerprint density at radius 3 is 2.16 bits per heavy atom. The van der Waals surface area contributed by atoms with Crippen LogP contribution in [0.5, 0.6) is 0 Å². The van der Waals surface area contributed by atoms with Crippen LogP contribution in [0.25, 0.3) is 55.8 Å². The molecule has 0 aliphatic carbocycles. The Labute approximate surface area is 324 Å². The maximum absolute atomic E-state index is 8.79. The topological polar surface area (TPSA) is 51.8 Å². The number of furan rings is 1. The number of aryl methyl sites for hydroxylation is 2. The predicted molar refractivity (Wildman–Crippen MR) is 204 cm³/mol. The predicted octanol–water partition coefficient (Wildman–Crippen LogP) is 12.1. The van der Waals surface area contributed by atoms with E-state index in [0.29, 0.717) is 28.2 Å². The Bertz CT molecular complexity index is 2580. The molecule has 4 aromatic heterocycles. The first kappa shape index (κ1) is 25.5. The van der Waals surface area contributed by atoms with Gasteiger partial charge in [0.05, 0.1) is 11.3 Å². The van der Waals surface area contributed by atoms with E-state index in [1.807, 2.05) is 82.3 Å². The summed E-state index contributed by atoms with van der Waals surface area (Å²) in [4.78, 5) is 13.5. The Kier molecular flexibility index (Phi) is 8.19. The SMILES string of the molecule is [2H]C([2H])([2H])c1cc(-c2[c-]ccc3c2oc2nc(-c4c(C([2H])(C)C)cccc4C([2H])(C)C)ccc23)ncc1C([2H])([2H])C(C)C.[2H]C([2H])([2H])c1ccc(-c2[c-]cccc2)nc1.[Ir]. The van der Waals surface area contributed by atoms with Crippen molar-refractivity contribution in [1.82, 2.24) is 15.0 Å². The van der Waals surface area contributed by atoms with Gasteiger partial charge in [-0.1, -0.05) is 94.5 Å². The second-order valence-corrected chi connectivity index (χ2v) is 12.6. The molecule has 4 nitrogen and oxygen atoms in total. The normalized spacial score (nSPS) is 15.4. The van der Waals surface area contributed by atoms with E-state index in [9.17, 15) is 0 Å². The summed E-state index contributed by atoms with van der Waals surface area (Å²) in [6.45, 7) is 6.01. The minimum absolute atomic E-state index is 0. The second-order valence-electron chi connectivity index (χ2n) is 12.6. The van der Waals surface area contributed by atoms with Gasteiger partial charge in [0.2, 0.25) is 5.71 Å². The van der Waals surface area contributed by atoms with E-state index in [-0.39, 0.29) is 36.8 Å². The van der Waals surface area contributed by atoms with Gasteiger partial charge >= 0.3 is 0 Å². The molecule has 0 saturated heterocycles. The number of nitrogens with zero attached hydrogens (tertiary/aromatic N) is 3. The van der Waals surface area contributed by atoms with Crippen LogP contribution in [0.2, 0.25) is 0 Å². The molecule has 5 heteroatoms. The molecule has 0 N–H and O–H groups in total. The smallest absolute Gasteiger partial charge is 0.216 e. The monoisotopic (exact) mass is 846 g/mol. The largest absolute Gasteiger partial charge is 0.486 e. The molecule has 0 fully saturated rings. The summed E-state index contributed by atoms with van der Waals surface area (Å²) in [5.41, 5.74) is 6.15. The quantitative estimate of drug-likeness (QED) is 0.150. The first-order valence-corrected chi connectivity index (χ1v) is 16.2. The van der Waals surface area contributed by atoms with E-state index < -0.39 is 37.8 Å². The van der Waals surface area contributed by atoms with Gasteiger partial charge in [-0.15, -0.1) is 54.1 Å². The number of rotatable bonds is 7. The molecule has 4 heterocycles. The molecular weight excluding hydrogens is 791 g/mol. The van der Waals surface area contributed by atoms with E-state index in [1.54, 1.807) is 38.1 Å². The summed E-state index contributed by atoms with van der Waals surface area (Å²) in [5, 5.41) is 1.49. The number of hydrogen-bond donors (Lipinski definition) is 0. The molecule has 0 amide bonds. The summed E-state index contributed by atoms with van der Waals surface area (Å²) in [6, 6.07) is 31.4. The molecule has 50 heavy (non-hydrogen) atoms. The first-order valence-electron chi connectivity index (χ1n) is 21.2. The summed E-state index contributed by atoms with van der Waals surface area (Å²) in [7, 11) is 0. The van der Waals surface area contributed by atoms with Crippen LogP contribution < -0.4 is 0 Å². The molecule has 0 bridgehead atoms. The van der Waals surface area contributed by atoms with Crippen molar-refractivity contribution >= 4 is 22.1 Å². The third kappa shape index (κ3) is 7.96. The molecule has 257 valence electrons. The zero-order valence-corrected chi connectivity index (χ0v) is 31.3. The fourth-order valence-electron chi connectivity index (χ4n) is 5.74. The van der Waals surface area contributed by atoms with Gasteiger partial charge in [-0.05, 0) is 83.6 Å². The summed E-state index contributed by atoms with van der Waals surface area (Å²) in [6.07, 6.45) is 0.816. The molecule has 1 radical (unpaired) electrons. The van der Waals surface area contributed by atoms with Crippen LogP contribution in [0.1, 0.15) is 94.9 Å². The van der Waals surface area contributed by atoms with Crippen molar-refractivity contribution in [2.75, 3.05) is 0 Å². The van der Waals surface area contributed by atoms with Gasteiger partial charge in [-0.3, -0.25) is 0 Å². The molecule has 7 aromatic rings. The van der Waals surface area contributed by atoms with Gasteiger partial charge in [0.15, 0.2) is 0 Å². The van der Waals surface area contributed by atoms with E-state index in [0.717, 1.165) is 38.7 Å². The Hall–Kier alpha value is -4.44. The Morgan fingerprint density at radius 2 is 1.52 bits per heavy atom. The fourth-order valence-corrected chi connectivity index (χ4v) is 5.74. The zero-order valence-electron chi connectivity index (χ0n) is 38.9. The van der Waals surface area contributed by atoms with E-state index >= 15 is 0 Å². The van der Waals surface area contributed by atoms with Crippen LogP contribution >= 0.6 is 0 Å². The van der Waals surface area contributed by atoms with E-state index in [2.05, 4.69) is 22.1 Å². The number of aromatic nitrogens is 3. The molecule has 0 unspecified atom stereocenters. The summed E-state index contributed by atoms with van der Waals surface area (Å²) < 4.78 is 87.1. The third-order valence-corrected chi connectivity index (χ3v) is 8.05. The third-order valence-electron chi connectivity index (χ3n) is 8.05. The molecule has 0 aliphatic heterocycles. The van der Waals surface area contributed by atoms with Crippen LogP contribution in [-0.2, 0) is 26.5 Å². The standard InChI is InChI=1S/C33H35N2O.C12H10N.Ir/c1-19(2)16-23-18-34-30(17-22(23)7)28-13-9-12-26-27-14-15-29(35-33(27)36-32(26)28)31-24(20(3)4)10-8-11-25(31)21(5)6;1-10-7-8-12(13-9-10)11-5-3-2-4-6-11;/h8-12,14-15,17-21H,16H2,1-7H3;2-5,7-9H,1H3;/q2*-1;/i7D3,16D2,20D,21D;1D3;. The van der Waals surface area contributed by atoms with Crippen LogP contribution in [0, 0.1) is 31.8 Å². The molecular formula is C45H45IrN3O-2. The Morgan fingerprint density at radius 1 is 0.760 bits per heavy atom. The van der Waals surface area contributed by atoms with Crippen molar-refractivity contribution in [3.05, 3.63) is 137 Å². The molecule has 0 saturated carbocycles. The minimum Gasteiger partial charge on any atom is -0.486 e. The summed E-state index contributed by atoms with van der Waals surface area (Å²) >= 11 is 0. The van der Waals surface area contributed by atoms with Gasteiger partial charge in [0.1, 0.15) is 0 Å². The minimum atomic E-state index is -2.56. The van der Waals surface area contributed by atoms with Crippen LogP contribution in [0.15, 0.2) is 102 Å². The van der Waals surface area contributed by atoms with Crippen molar-refractivity contribution in [2.24, 2.45) is 5.92 Å². The second kappa shape index (κ2) is 16.1. The van der Waals surface area contributed by atoms with Crippen molar-refractivity contribution in [2.45, 2.75) is 73.4 Å². The molecule has 7 rings (SSSR count). The van der Waals surface area contributed by atoms with Crippen LogP contribution in [0.4, 0.5) is 0 Å². The molecule has 3 aromatic carbocycles. The maximum atomic E-state index is 8.79. The zero-order chi connectivity index (χ0) is 43.3. The average molecular weight is 846 g/mol. The van der Waals surface area contributed by atoms with Gasteiger partial charge in [-0.25, -0.2) is 4.98 Å². The van der Waals surface area contributed by atoms with Crippen molar-refractivity contribution < 1.29 is 38.2 Å². The summed E-state index contributed by atoms with van der Waals surface area (Å²) in [5.74, 6) is -2.33. The van der Waals surface area contributed by atoms with Gasteiger partial charge < -0.3 is 14.4 Å². The fraction of sp³-hybridized carbons (Fsp3) is 0.267. The van der Waals surface area contributed by atoms with Crippen LogP contribution in [-0.4, -0.2) is 15.0 Å². The van der Waals surface area contributed by atoms with Crippen LogP contribution in [0.3, 0.4) is 0 Å². The van der Waals surface area contributed by atoms with E-state index in [1.165, 1.54) is 18.5 Å². The maximum Gasteiger partial charge on any atom is 0.216 e. The van der Waals surface area contributed by atoms with Crippen molar-refractivity contribution in [1.29, 1.82) is 0 Å². The Balaban J connectivity index is 0.000000336. The van der Waals surface area contributed by atoms with Crippen molar-refractivity contribution in [3.8, 4) is 33.8 Å². The molecule has 0 aliphatic rings. The van der Waals surface area contributed by atoms with Crippen molar-refractivity contribution in [3.63, 3.8) is 0 Å².